The Bertz CT molecular complexity index is 314. The Morgan fingerprint density at radius 1 is 0.800 bits per heavy atom. The van der Waals surface area contributed by atoms with E-state index < -0.39 is 17.4 Å². The summed E-state index contributed by atoms with van der Waals surface area (Å²) < 4.78 is 0. The van der Waals surface area contributed by atoms with Gasteiger partial charge in [0, 0.05) is 0 Å². The van der Waals surface area contributed by atoms with Crippen molar-refractivity contribution >= 4 is 11.9 Å². The minimum atomic E-state index is -0.871. The van der Waals surface area contributed by atoms with Crippen LogP contribution in [0.15, 0.2) is 0 Å². The first-order chi connectivity index (χ1) is 9.37. The molecule has 116 valence electrons. The van der Waals surface area contributed by atoms with Gasteiger partial charge in [-0.05, 0) is 49.4 Å². The van der Waals surface area contributed by atoms with E-state index in [1.165, 1.54) is 12.8 Å². The van der Waals surface area contributed by atoms with Gasteiger partial charge in [0.1, 0.15) is 0 Å². The van der Waals surface area contributed by atoms with Gasteiger partial charge in [0.2, 0.25) is 0 Å². The first kappa shape index (κ1) is 17.0. The molecular formula is C16H28O4. The number of carbonyl (C=O) groups is 2. The summed E-state index contributed by atoms with van der Waals surface area (Å²) in [6.45, 7) is 4.38. The lowest BCUT2D eigenvalue weighted by molar-refractivity contribution is -0.146. The molecule has 0 unspecified atom stereocenters. The van der Waals surface area contributed by atoms with Crippen LogP contribution in [0.5, 0.6) is 0 Å². The van der Waals surface area contributed by atoms with Gasteiger partial charge in [-0.15, -0.1) is 0 Å². The molecule has 0 spiro atoms. The molecule has 0 heterocycles. The molecule has 1 saturated carbocycles. The summed E-state index contributed by atoms with van der Waals surface area (Å²) in [7, 11) is 0. The van der Waals surface area contributed by atoms with Crippen LogP contribution in [-0.2, 0) is 9.59 Å². The van der Waals surface area contributed by atoms with Gasteiger partial charge >= 0.3 is 11.9 Å². The zero-order chi connectivity index (χ0) is 15.2. The lowest BCUT2D eigenvalue weighted by Crippen LogP contribution is -2.37. The van der Waals surface area contributed by atoms with Crippen LogP contribution >= 0.6 is 0 Å². The smallest absolute Gasteiger partial charge is 0.303 e. The molecule has 4 nitrogen and oxygen atoms in total. The van der Waals surface area contributed by atoms with Gasteiger partial charge in [0.05, 0.1) is 12.8 Å². The van der Waals surface area contributed by atoms with Crippen LogP contribution in [0.2, 0.25) is 0 Å². The third-order valence-electron chi connectivity index (χ3n) is 4.98. The minimum absolute atomic E-state index is 0.00632. The van der Waals surface area contributed by atoms with Crippen molar-refractivity contribution in [3.63, 3.8) is 0 Å². The van der Waals surface area contributed by atoms with Crippen molar-refractivity contribution in [1.29, 1.82) is 0 Å². The predicted octanol–water partition coefficient (Wildman–Crippen LogP) is 4.08. The molecule has 2 N–H and O–H groups in total. The molecule has 1 aliphatic rings. The molecule has 0 saturated heterocycles. The predicted molar refractivity (Wildman–Crippen MR) is 77.7 cm³/mol. The van der Waals surface area contributed by atoms with Gasteiger partial charge < -0.3 is 10.2 Å². The van der Waals surface area contributed by atoms with Crippen molar-refractivity contribution in [2.75, 3.05) is 0 Å². The van der Waals surface area contributed by atoms with Crippen LogP contribution in [0.1, 0.15) is 78.1 Å². The highest BCUT2D eigenvalue weighted by Crippen LogP contribution is 2.53. The maximum absolute atomic E-state index is 11.1. The lowest BCUT2D eigenvalue weighted by atomic mass is 9.59. The minimum Gasteiger partial charge on any atom is -0.481 e. The van der Waals surface area contributed by atoms with Crippen molar-refractivity contribution in [2.45, 2.75) is 78.1 Å². The number of hydrogen-bond acceptors (Lipinski definition) is 2. The zero-order valence-electron chi connectivity index (χ0n) is 12.8. The number of hydrogen-bond donors (Lipinski definition) is 2. The second kappa shape index (κ2) is 7.09. The molecule has 0 atom stereocenters. The summed E-state index contributed by atoms with van der Waals surface area (Å²) in [5, 5.41) is 18.2. The van der Waals surface area contributed by atoms with E-state index in [1.54, 1.807) is 0 Å². The van der Waals surface area contributed by atoms with Crippen LogP contribution < -0.4 is 0 Å². The van der Waals surface area contributed by atoms with Gasteiger partial charge in [-0.1, -0.05) is 26.7 Å². The van der Waals surface area contributed by atoms with E-state index in [0.717, 1.165) is 38.5 Å². The molecule has 1 aliphatic carbocycles. The molecule has 0 bridgehead atoms. The van der Waals surface area contributed by atoms with Gasteiger partial charge in [-0.25, -0.2) is 0 Å². The highest BCUT2D eigenvalue weighted by Gasteiger charge is 2.43. The van der Waals surface area contributed by atoms with E-state index in [-0.39, 0.29) is 12.8 Å². The third-order valence-corrected chi connectivity index (χ3v) is 4.98. The summed E-state index contributed by atoms with van der Waals surface area (Å²) in [5.41, 5.74) is -0.202. The van der Waals surface area contributed by atoms with Crippen molar-refractivity contribution in [3.05, 3.63) is 0 Å². The summed E-state index contributed by atoms with van der Waals surface area (Å²) in [6, 6.07) is 0. The van der Waals surface area contributed by atoms with Crippen LogP contribution in [-0.4, -0.2) is 22.2 Å². The van der Waals surface area contributed by atoms with Crippen molar-refractivity contribution < 1.29 is 19.8 Å². The number of carboxylic acids is 2. The average molecular weight is 284 g/mol. The standard InChI is InChI=1S/C16H28O4/c1-3-5-15(6-4-2)7-9-16(10-8-15,11-13(17)18)12-14(19)20/h3-12H2,1-2H3,(H,17,18)(H,19,20). The zero-order valence-corrected chi connectivity index (χ0v) is 12.8. The average Bonchev–Trinajstić information content (AvgIpc) is 2.32. The Morgan fingerprint density at radius 3 is 1.45 bits per heavy atom. The van der Waals surface area contributed by atoms with Crippen molar-refractivity contribution in [2.24, 2.45) is 10.8 Å². The van der Waals surface area contributed by atoms with E-state index in [9.17, 15) is 9.59 Å². The van der Waals surface area contributed by atoms with Gasteiger partial charge in [0.15, 0.2) is 0 Å². The van der Waals surface area contributed by atoms with E-state index in [2.05, 4.69) is 13.8 Å². The van der Waals surface area contributed by atoms with Crippen LogP contribution in [0.3, 0.4) is 0 Å². The number of carboxylic acid groups (broad SMARTS) is 2. The second-order valence-electron chi connectivity index (χ2n) is 6.64. The molecule has 1 fully saturated rings. The van der Waals surface area contributed by atoms with Crippen LogP contribution in [0, 0.1) is 10.8 Å². The lowest BCUT2D eigenvalue weighted by Gasteiger charge is -2.46. The molecule has 0 aromatic heterocycles. The highest BCUT2D eigenvalue weighted by molar-refractivity contribution is 5.72. The van der Waals surface area contributed by atoms with Crippen LogP contribution in [0.4, 0.5) is 0 Å². The molecule has 20 heavy (non-hydrogen) atoms. The number of aliphatic carboxylic acids is 2. The Hall–Kier alpha value is -1.06. The van der Waals surface area contributed by atoms with Gasteiger partial charge in [-0.3, -0.25) is 9.59 Å². The summed E-state index contributed by atoms with van der Waals surface area (Å²) in [6.07, 6.45) is 8.08. The fraction of sp³-hybridized carbons (Fsp3) is 0.875. The van der Waals surface area contributed by atoms with E-state index in [4.69, 9.17) is 10.2 Å². The normalized spacial score (nSPS) is 20.5. The molecular weight excluding hydrogens is 256 g/mol. The Kier molecular flexibility index (Phi) is 6.03. The van der Waals surface area contributed by atoms with E-state index in [1.807, 2.05) is 0 Å². The van der Waals surface area contributed by atoms with Gasteiger partial charge in [0.25, 0.3) is 0 Å². The Labute approximate surface area is 121 Å². The topological polar surface area (TPSA) is 74.6 Å². The highest BCUT2D eigenvalue weighted by atomic mass is 16.4. The maximum atomic E-state index is 11.1. The quantitative estimate of drug-likeness (QED) is 0.704. The maximum Gasteiger partial charge on any atom is 0.303 e. The van der Waals surface area contributed by atoms with Gasteiger partial charge in [-0.2, -0.15) is 0 Å². The van der Waals surface area contributed by atoms with Crippen molar-refractivity contribution in [1.82, 2.24) is 0 Å². The third kappa shape index (κ3) is 4.50. The number of rotatable bonds is 8. The first-order valence-corrected chi connectivity index (χ1v) is 7.81. The van der Waals surface area contributed by atoms with Crippen molar-refractivity contribution in [3.8, 4) is 0 Å². The fourth-order valence-corrected chi connectivity index (χ4v) is 4.05. The van der Waals surface area contributed by atoms with E-state index >= 15 is 0 Å². The summed E-state index contributed by atoms with van der Waals surface area (Å²) in [5.74, 6) is -1.74. The largest absolute Gasteiger partial charge is 0.481 e. The second-order valence-corrected chi connectivity index (χ2v) is 6.64. The molecule has 0 aromatic carbocycles. The fourth-order valence-electron chi connectivity index (χ4n) is 4.05. The molecule has 0 aromatic rings. The molecule has 1 rings (SSSR count). The van der Waals surface area contributed by atoms with E-state index in [0.29, 0.717) is 5.41 Å². The molecule has 0 radical (unpaired) electrons. The van der Waals surface area contributed by atoms with Crippen LogP contribution in [0.25, 0.3) is 0 Å². The summed E-state index contributed by atoms with van der Waals surface area (Å²) in [4.78, 5) is 22.1. The summed E-state index contributed by atoms with van der Waals surface area (Å²) >= 11 is 0. The first-order valence-electron chi connectivity index (χ1n) is 7.81. The molecule has 0 amide bonds. The Morgan fingerprint density at radius 2 is 1.15 bits per heavy atom. The molecule has 0 aliphatic heterocycles. The molecule has 4 heteroatoms. The SMILES string of the molecule is CCCC1(CCC)CCC(CC(=O)O)(CC(=O)O)CC1. The Balaban J connectivity index is 2.79. The monoisotopic (exact) mass is 284 g/mol.